The van der Waals surface area contributed by atoms with Crippen LogP contribution in [0.3, 0.4) is 0 Å². The number of nitrogens with zero attached hydrogens (tertiary/aromatic N) is 1. The lowest BCUT2D eigenvalue weighted by Crippen LogP contribution is -2.50. The number of aldehydes is 1. The minimum absolute atomic E-state index is 0.00241. The topological polar surface area (TPSA) is 66.5 Å². The second-order valence-electron chi connectivity index (χ2n) is 2.23. The highest BCUT2D eigenvalue weighted by atomic mass is 16.2. The summed E-state index contributed by atoms with van der Waals surface area (Å²) in [5.74, 6) is -0.841. The van der Waals surface area contributed by atoms with Crippen molar-refractivity contribution >= 4 is 18.1 Å². The average Bonchev–Trinajstić information content (AvgIpc) is 2.03. The highest BCUT2D eigenvalue weighted by Gasteiger charge is 2.19. The van der Waals surface area contributed by atoms with Gasteiger partial charge in [0.15, 0.2) is 0 Å². The zero-order chi connectivity index (χ0) is 8.27. The van der Waals surface area contributed by atoms with Gasteiger partial charge in [-0.3, -0.25) is 14.4 Å². The first kappa shape index (κ1) is 7.71. The van der Waals surface area contributed by atoms with E-state index in [4.69, 9.17) is 0 Å². The van der Waals surface area contributed by atoms with E-state index in [1.165, 1.54) is 4.90 Å². The Morgan fingerprint density at radius 3 is 2.91 bits per heavy atom. The second kappa shape index (κ2) is 3.14. The molecule has 0 saturated carbocycles. The zero-order valence-corrected chi connectivity index (χ0v) is 5.87. The van der Waals surface area contributed by atoms with Crippen molar-refractivity contribution < 1.29 is 14.4 Å². The van der Waals surface area contributed by atoms with E-state index in [2.05, 4.69) is 5.32 Å². The van der Waals surface area contributed by atoms with Gasteiger partial charge in [-0.05, 0) is 0 Å². The number of carbonyl (C=O) groups is 3. The number of rotatable bonds is 1. The van der Waals surface area contributed by atoms with Crippen LogP contribution in [0.25, 0.3) is 0 Å². The Hall–Kier alpha value is -1.39. The lowest BCUT2D eigenvalue weighted by molar-refractivity contribution is -0.142. The SMILES string of the molecule is O=CC(=O)N1CCNC(=O)C1. The van der Waals surface area contributed by atoms with Gasteiger partial charge in [-0.15, -0.1) is 0 Å². The third kappa shape index (κ3) is 1.76. The van der Waals surface area contributed by atoms with E-state index in [1.54, 1.807) is 0 Å². The van der Waals surface area contributed by atoms with Gasteiger partial charge in [0, 0.05) is 13.1 Å². The zero-order valence-electron chi connectivity index (χ0n) is 5.87. The Labute approximate surface area is 63.4 Å². The van der Waals surface area contributed by atoms with Crippen LogP contribution in [-0.2, 0) is 14.4 Å². The van der Waals surface area contributed by atoms with E-state index in [0.717, 1.165) is 0 Å². The van der Waals surface area contributed by atoms with Gasteiger partial charge in [-0.1, -0.05) is 0 Å². The molecule has 1 fully saturated rings. The molecule has 0 spiro atoms. The molecule has 1 N–H and O–H groups in total. The molecule has 1 aliphatic heterocycles. The van der Waals surface area contributed by atoms with Crippen LogP contribution in [0, 0.1) is 0 Å². The Bertz CT molecular complexity index is 202. The number of hydrogen-bond donors (Lipinski definition) is 1. The fourth-order valence-corrected chi connectivity index (χ4v) is 0.901. The van der Waals surface area contributed by atoms with Crippen molar-refractivity contribution in [3.05, 3.63) is 0 Å². The maximum absolute atomic E-state index is 10.7. The predicted molar refractivity (Wildman–Crippen MR) is 35.7 cm³/mol. The maximum atomic E-state index is 10.7. The van der Waals surface area contributed by atoms with E-state index >= 15 is 0 Å². The molecule has 0 radical (unpaired) electrons. The van der Waals surface area contributed by atoms with Gasteiger partial charge in [0.05, 0.1) is 6.54 Å². The molecule has 0 bridgehead atoms. The summed E-state index contributed by atoms with van der Waals surface area (Å²) < 4.78 is 0. The lowest BCUT2D eigenvalue weighted by Gasteiger charge is -2.24. The predicted octanol–water partition coefficient (Wildman–Crippen LogP) is -1.86. The normalized spacial score (nSPS) is 17.5. The molecule has 5 heteroatoms. The Morgan fingerprint density at radius 2 is 2.36 bits per heavy atom. The van der Waals surface area contributed by atoms with Gasteiger partial charge in [0.1, 0.15) is 0 Å². The molecule has 2 amide bonds. The van der Waals surface area contributed by atoms with Crippen molar-refractivity contribution in [1.82, 2.24) is 10.2 Å². The largest absolute Gasteiger partial charge is 0.353 e. The molecule has 0 aromatic carbocycles. The molecule has 0 unspecified atom stereocenters. The average molecular weight is 156 g/mol. The summed E-state index contributed by atoms with van der Waals surface area (Å²) in [6.45, 7) is 0.847. The van der Waals surface area contributed by atoms with Gasteiger partial charge in [-0.25, -0.2) is 0 Å². The smallest absolute Gasteiger partial charge is 0.287 e. The van der Waals surface area contributed by atoms with Gasteiger partial charge < -0.3 is 10.2 Å². The maximum Gasteiger partial charge on any atom is 0.287 e. The van der Waals surface area contributed by atoms with Gasteiger partial charge in [0.25, 0.3) is 5.91 Å². The first-order valence-electron chi connectivity index (χ1n) is 3.25. The first-order chi connectivity index (χ1) is 5.24. The standard InChI is InChI=1S/C6H8N2O3/c9-4-6(11)8-2-1-7-5(10)3-8/h4H,1-3H2,(H,7,10). The van der Waals surface area contributed by atoms with Crippen LogP contribution in [0.1, 0.15) is 0 Å². The molecule has 1 saturated heterocycles. The second-order valence-corrected chi connectivity index (χ2v) is 2.23. The third-order valence-corrected chi connectivity index (χ3v) is 1.45. The van der Waals surface area contributed by atoms with E-state index in [0.29, 0.717) is 13.1 Å². The molecular weight excluding hydrogens is 148 g/mol. The van der Waals surface area contributed by atoms with Crippen molar-refractivity contribution in [3.8, 4) is 0 Å². The molecule has 0 aromatic rings. The fraction of sp³-hybridized carbons (Fsp3) is 0.500. The fourth-order valence-electron chi connectivity index (χ4n) is 0.901. The number of nitrogens with one attached hydrogen (secondary N) is 1. The summed E-state index contributed by atoms with van der Waals surface area (Å²) in [6, 6.07) is 0. The molecule has 60 valence electrons. The van der Waals surface area contributed by atoms with Crippen molar-refractivity contribution in [1.29, 1.82) is 0 Å². The monoisotopic (exact) mass is 156 g/mol. The van der Waals surface area contributed by atoms with E-state index in [9.17, 15) is 14.4 Å². The lowest BCUT2D eigenvalue weighted by atomic mass is 10.3. The molecule has 5 nitrogen and oxygen atoms in total. The van der Waals surface area contributed by atoms with Crippen molar-refractivity contribution in [3.63, 3.8) is 0 Å². The summed E-state index contributed by atoms with van der Waals surface area (Å²) in [7, 11) is 0. The summed E-state index contributed by atoms with van der Waals surface area (Å²) in [5, 5.41) is 2.54. The Balaban J connectivity index is 2.52. The van der Waals surface area contributed by atoms with E-state index in [-0.39, 0.29) is 18.7 Å². The molecule has 0 aromatic heterocycles. The summed E-state index contributed by atoms with van der Waals surface area (Å²) in [4.78, 5) is 32.6. The highest BCUT2D eigenvalue weighted by Crippen LogP contribution is 1.91. The van der Waals surface area contributed by atoms with Crippen LogP contribution >= 0.6 is 0 Å². The molecule has 1 heterocycles. The van der Waals surface area contributed by atoms with Crippen molar-refractivity contribution in [2.24, 2.45) is 0 Å². The molecule has 0 aliphatic carbocycles. The summed E-state index contributed by atoms with van der Waals surface area (Å²) in [6.07, 6.45) is 0.221. The van der Waals surface area contributed by atoms with Crippen molar-refractivity contribution in [2.45, 2.75) is 0 Å². The molecule has 0 atom stereocenters. The van der Waals surface area contributed by atoms with E-state index in [1.807, 2.05) is 0 Å². The minimum Gasteiger partial charge on any atom is -0.353 e. The third-order valence-electron chi connectivity index (χ3n) is 1.45. The first-order valence-corrected chi connectivity index (χ1v) is 3.25. The molecule has 11 heavy (non-hydrogen) atoms. The van der Waals surface area contributed by atoms with Crippen LogP contribution < -0.4 is 5.32 Å². The van der Waals surface area contributed by atoms with Gasteiger partial charge >= 0.3 is 0 Å². The van der Waals surface area contributed by atoms with Gasteiger partial charge in [0.2, 0.25) is 12.2 Å². The highest BCUT2D eigenvalue weighted by molar-refractivity contribution is 6.24. The number of carbonyl (C=O) groups excluding carboxylic acids is 3. The van der Waals surface area contributed by atoms with Crippen LogP contribution in [-0.4, -0.2) is 42.6 Å². The quantitative estimate of drug-likeness (QED) is 0.358. The minimum atomic E-state index is -0.625. The number of piperazine rings is 1. The van der Waals surface area contributed by atoms with Crippen LogP contribution in [0.2, 0.25) is 0 Å². The van der Waals surface area contributed by atoms with Crippen LogP contribution in [0.15, 0.2) is 0 Å². The van der Waals surface area contributed by atoms with Crippen molar-refractivity contribution in [2.75, 3.05) is 19.6 Å². The molecule has 1 aliphatic rings. The van der Waals surface area contributed by atoms with E-state index < -0.39 is 5.91 Å². The van der Waals surface area contributed by atoms with Crippen LogP contribution in [0.4, 0.5) is 0 Å². The summed E-state index contributed by atoms with van der Waals surface area (Å²) >= 11 is 0. The molecular formula is C6H8N2O3. The number of hydrogen-bond acceptors (Lipinski definition) is 3. The molecule has 1 rings (SSSR count). The number of amides is 2. The Kier molecular flexibility index (Phi) is 2.20. The van der Waals surface area contributed by atoms with Crippen LogP contribution in [0.5, 0.6) is 0 Å². The van der Waals surface area contributed by atoms with Gasteiger partial charge in [-0.2, -0.15) is 0 Å². The Morgan fingerprint density at radius 1 is 1.64 bits per heavy atom. The summed E-state index contributed by atoms with van der Waals surface area (Å²) in [5.41, 5.74) is 0.